The number of benzene rings is 1. The standard InChI is InChI=1S/C20H21N5O5/c1-4-30-20(29)14-7-5-6-8-16(14)23-24-17-12(2)15(11-21)18(27)25(19(17)28)10-9-22-13(3)26/h5-8,27H,4,9-10H2,1-3H3,(H,22,26). The minimum absolute atomic E-state index is 0.0683. The molecule has 0 unspecified atom stereocenters. The van der Waals surface area contributed by atoms with Crippen LogP contribution in [0.4, 0.5) is 11.4 Å². The van der Waals surface area contributed by atoms with E-state index >= 15 is 0 Å². The van der Waals surface area contributed by atoms with Crippen molar-refractivity contribution in [3.8, 4) is 11.9 Å². The van der Waals surface area contributed by atoms with Gasteiger partial charge in [0.05, 0.1) is 12.2 Å². The molecule has 0 atom stereocenters. The van der Waals surface area contributed by atoms with Crippen molar-refractivity contribution >= 4 is 23.3 Å². The molecule has 0 radical (unpaired) electrons. The van der Waals surface area contributed by atoms with Gasteiger partial charge in [0.1, 0.15) is 17.3 Å². The molecule has 10 nitrogen and oxygen atoms in total. The van der Waals surface area contributed by atoms with E-state index in [1.165, 1.54) is 26.0 Å². The number of pyridine rings is 1. The summed E-state index contributed by atoms with van der Waals surface area (Å²) >= 11 is 0. The number of hydrogen-bond donors (Lipinski definition) is 2. The first-order valence-electron chi connectivity index (χ1n) is 9.10. The minimum Gasteiger partial charge on any atom is -0.493 e. The molecule has 10 heteroatoms. The predicted molar refractivity (Wildman–Crippen MR) is 107 cm³/mol. The summed E-state index contributed by atoms with van der Waals surface area (Å²) in [4.78, 5) is 36.0. The molecular formula is C20H21N5O5. The van der Waals surface area contributed by atoms with Crippen molar-refractivity contribution in [1.29, 1.82) is 5.26 Å². The Bertz CT molecular complexity index is 1100. The summed E-state index contributed by atoms with van der Waals surface area (Å²) in [6.07, 6.45) is 0. The van der Waals surface area contributed by atoms with Crippen LogP contribution in [0.25, 0.3) is 0 Å². The first kappa shape index (κ1) is 22.3. The van der Waals surface area contributed by atoms with E-state index in [4.69, 9.17) is 4.74 Å². The molecule has 1 aromatic heterocycles. The third kappa shape index (κ3) is 4.88. The van der Waals surface area contributed by atoms with Crippen LogP contribution in [0.3, 0.4) is 0 Å². The maximum Gasteiger partial charge on any atom is 0.340 e. The molecule has 0 saturated heterocycles. The quantitative estimate of drug-likeness (QED) is 0.528. The van der Waals surface area contributed by atoms with Gasteiger partial charge in [-0.15, -0.1) is 10.2 Å². The van der Waals surface area contributed by atoms with Gasteiger partial charge in [0.15, 0.2) is 5.69 Å². The zero-order valence-corrected chi connectivity index (χ0v) is 16.8. The van der Waals surface area contributed by atoms with Gasteiger partial charge >= 0.3 is 5.97 Å². The fourth-order valence-electron chi connectivity index (χ4n) is 2.65. The van der Waals surface area contributed by atoms with Gasteiger partial charge in [0.2, 0.25) is 11.8 Å². The molecule has 0 bridgehead atoms. The van der Waals surface area contributed by atoms with E-state index in [9.17, 15) is 24.8 Å². The molecule has 0 fully saturated rings. The fourth-order valence-corrected chi connectivity index (χ4v) is 2.65. The van der Waals surface area contributed by atoms with Gasteiger partial charge < -0.3 is 15.2 Å². The molecule has 1 heterocycles. The number of hydrogen-bond acceptors (Lipinski definition) is 8. The van der Waals surface area contributed by atoms with Gasteiger partial charge in [-0.05, 0) is 26.0 Å². The Balaban J connectivity index is 2.53. The average molecular weight is 411 g/mol. The Morgan fingerprint density at radius 2 is 2.00 bits per heavy atom. The van der Waals surface area contributed by atoms with E-state index in [1.807, 2.05) is 6.07 Å². The lowest BCUT2D eigenvalue weighted by atomic mass is 10.1. The number of aromatic hydroxyl groups is 1. The Hall–Kier alpha value is -4.00. The van der Waals surface area contributed by atoms with Crippen molar-refractivity contribution in [3.05, 3.63) is 51.3 Å². The predicted octanol–water partition coefficient (Wildman–Crippen LogP) is 2.46. The molecule has 30 heavy (non-hydrogen) atoms. The largest absolute Gasteiger partial charge is 0.493 e. The van der Waals surface area contributed by atoms with Gasteiger partial charge in [-0.25, -0.2) is 4.79 Å². The third-order valence-corrected chi connectivity index (χ3v) is 4.14. The lowest BCUT2D eigenvalue weighted by molar-refractivity contribution is -0.119. The smallest absolute Gasteiger partial charge is 0.340 e. The summed E-state index contributed by atoms with van der Waals surface area (Å²) in [6, 6.07) is 8.18. The number of nitriles is 1. The topological polar surface area (TPSA) is 146 Å². The molecule has 1 amide bonds. The Labute approximate surface area is 172 Å². The normalized spacial score (nSPS) is 10.6. The number of esters is 1. The van der Waals surface area contributed by atoms with Crippen LogP contribution in [0.15, 0.2) is 39.3 Å². The molecule has 0 aliphatic heterocycles. The van der Waals surface area contributed by atoms with Crippen LogP contribution in [-0.4, -0.2) is 34.7 Å². The number of amides is 1. The zero-order chi connectivity index (χ0) is 22.3. The highest BCUT2D eigenvalue weighted by Crippen LogP contribution is 2.28. The SMILES string of the molecule is CCOC(=O)c1ccccc1N=Nc1c(C)c(C#N)c(O)n(CCNC(C)=O)c1=O. The van der Waals surface area contributed by atoms with Gasteiger partial charge in [0, 0.05) is 25.6 Å². The van der Waals surface area contributed by atoms with Gasteiger partial charge in [-0.3, -0.25) is 14.2 Å². The van der Waals surface area contributed by atoms with Crippen molar-refractivity contribution in [2.75, 3.05) is 13.2 Å². The molecule has 0 aliphatic carbocycles. The highest BCUT2D eigenvalue weighted by molar-refractivity contribution is 5.94. The van der Waals surface area contributed by atoms with Crippen LogP contribution >= 0.6 is 0 Å². The van der Waals surface area contributed by atoms with Crippen molar-refractivity contribution < 1.29 is 19.4 Å². The average Bonchev–Trinajstić information content (AvgIpc) is 2.71. The van der Waals surface area contributed by atoms with Crippen LogP contribution in [-0.2, 0) is 16.1 Å². The Morgan fingerprint density at radius 3 is 2.63 bits per heavy atom. The molecule has 0 aliphatic rings. The molecule has 2 rings (SSSR count). The van der Waals surface area contributed by atoms with Gasteiger partial charge in [-0.1, -0.05) is 12.1 Å². The summed E-state index contributed by atoms with van der Waals surface area (Å²) in [6.45, 7) is 4.64. The number of ether oxygens (including phenoxy) is 1. The molecule has 2 aromatic rings. The minimum atomic E-state index is -0.688. The van der Waals surface area contributed by atoms with Crippen LogP contribution in [0.2, 0.25) is 0 Å². The highest BCUT2D eigenvalue weighted by atomic mass is 16.5. The van der Waals surface area contributed by atoms with Crippen molar-refractivity contribution in [2.45, 2.75) is 27.3 Å². The lowest BCUT2D eigenvalue weighted by Crippen LogP contribution is -2.30. The van der Waals surface area contributed by atoms with Crippen molar-refractivity contribution in [2.24, 2.45) is 10.2 Å². The number of rotatable bonds is 7. The molecule has 2 N–H and O–H groups in total. The van der Waals surface area contributed by atoms with E-state index < -0.39 is 17.4 Å². The number of nitrogens with one attached hydrogen (secondary N) is 1. The van der Waals surface area contributed by atoms with Crippen molar-refractivity contribution in [3.63, 3.8) is 0 Å². The summed E-state index contributed by atoms with van der Waals surface area (Å²) in [5, 5.41) is 30.2. The van der Waals surface area contributed by atoms with E-state index in [1.54, 1.807) is 19.1 Å². The van der Waals surface area contributed by atoms with Crippen LogP contribution < -0.4 is 10.9 Å². The maximum atomic E-state index is 12.8. The second-order valence-corrected chi connectivity index (χ2v) is 6.16. The number of aromatic nitrogens is 1. The van der Waals surface area contributed by atoms with E-state index in [0.717, 1.165) is 4.57 Å². The molecule has 0 saturated carbocycles. The van der Waals surface area contributed by atoms with Gasteiger partial charge in [0.25, 0.3) is 5.56 Å². The Kier molecular flexibility index (Phi) is 7.41. The zero-order valence-electron chi connectivity index (χ0n) is 16.8. The molecule has 156 valence electrons. The summed E-state index contributed by atoms with van der Waals surface area (Å²) in [5.41, 5.74) is -0.479. The number of carbonyl (C=O) groups excluding carboxylic acids is 2. The summed E-state index contributed by atoms with van der Waals surface area (Å²) < 4.78 is 5.92. The van der Waals surface area contributed by atoms with Crippen LogP contribution in [0, 0.1) is 18.3 Å². The van der Waals surface area contributed by atoms with E-state index in [0.29, 0.717) is 0 Å². The highest BCUT2D eigenvalue weighted by Gasteiger charge is 2.19. The molecule has 0 spiro atoms. The number of carbonyl (C=O) groups is 2. The first-order chi connectivity index (χ1) is 14.3. The number of azo groups is 1. The number of nitrogens with zero attached hydrogens (tertiary/aromatic N) is 4. The third-order valence-electron chi connectivity index (χ3n) is 4.14. The van der Waals surface area contributed by atoms with Gasteiger partial charge in [-0.2, -0.15) is 5.26 Å². The summed E-state index contributed by atoms with van der Waals surface area (Å²) in [7, 11) is 0. The van der Waals surface area contributed by atoms with Crippen molar-refractivity contribution in [1.82, 2.24) is 9.88 Å². The second kappa shape index (κ2) is 9.97. The maximum absolute atomic E-state index is 12.8. The Morgan fingerprint density at radius 1 is 1.30 bits per heavy atom. The second-order valence-electron chi connectivity index (χ2n) is 6.16. The first-order valence-corrected chi connectivity index (χ1v) is 9.10. The molecule has 1 aromatic carbocycles. The monoisotopic (exact) mass is 411 g/mol. The van der Waals surface area contributed by atoms with Crippen LogP contribution in [0.1, 0.15) is 35.3 Å². The fraction of sp³-hybridized carbons (Fsp3) is 0.300. The lowest BCUT2D eigenvalue weighted by Gasteiger charge is -2.13. The van der Waals surface area contributed by atoms with E-state index in [2.05, 4.69) is 15.5 Å². The molecular weight excluding hydrogens is 390 g/mol. The van der Waals surface area contributed by atoms with Crippen LogP contribution in [0.5, 0.6) is 5.88 Å². The summed E-state index contributed by atoms with van der Waals surface area (Å²) in [5.74, 6) is -1.40. The van der Waals surface area contributed by atoms with E-state index in [-0.39, 0.29) is 53.7 Å².